The molecule has 0 saturated carbocycles. The number of H-pyrrole nitrogens is 3. The highest BCUT2D eigenvalue weighted by atomic mass is 32.2. The Balaban J connectivity index is 0.000000128. The fourth-order valence-electron chi connectivity index (χ4n) is 16.6. The van der Waals surface area contributed by atoms with Gasteiger partial charge in [0.15, 0.2) is 41.4 Å². The van der Waals surface area contributed by atoms with E-state index in [9.17, 15) is 52.8 Å². The molecule has 21 rings (SSSR count). The van der Waals surface area contributed by atoms with Crippen LogP contribution >= 0.6 is 11.3 Å². The number of thiophene rings is 1. The van der Waals surface area contributed by atoms with Gasteiger partial charge in [-0.2, -0.15) is 24.2 Å². The first-order valence-electron chi connectivity index (χ1n) is 45.2. The van der Waals surface area contributed by atoms with Gasteiger partial charge in [-0.05, 0) is 145 Å². The molecule has 11 aromatic carbocycles. The van der Waals surface area contributed by atoms with Gasteiger partial charge < -0.3 is 47.5 Å². The van der Waals surface area contributed by atoms with Crippen molar-refractivity contribution in [2.24, 2.45) is 4.40 Å². The van der Waals surface area contributed by atoms with E-state index in [-0.39, 0.29) is 34.1 Å². The van der Waals surface area contributed by atoms with Gasteiger partial charge in [-0.25, -0.2) is 48.0 Å². The van der Waals surface area contributed by atoms with E-state index < -0.39 is 58.2 Å². The van der Waals surface area contributed by atoms with Crippen molar-refractivity contribution in [1.29, 1.82) is 0 Å². The van der Waals surface area contributed by atoms with Crippen molar-refractivity contribution < 1.29 is 88.7 Å². The van der Waals surface area contributed by atoms with E-state index in [1.54, 1.807) is 60.0 Å². The predicted octanol–water partition coefficient (Wildman–Crippen LogP) is 17.3. The zero-order valence-electron chi connectivity index (χ0n) is 78.2. The number of para-hydroxylation sites is 3. The number of amidine groups is 1. The van der Waals surface area contributed by atoms with E-state index in [1.165, 1.54) is 18.4 Å². The zero-order chi connectivity index (χ0) is 101. The average Bonchev–Trinajstić information content (AvgIpc) is 1.59. The predicted molar refractivity (Wildman–Crippen MR) is 534 cm³/mol. The number of hydrogen-bond acceptors (Lipinski definition) is 30. The molecule has 39 nitrogen and oxygen atoms in total. The van der Waals surface area contributed by atoms with Gasteiger partial charge >= 0.3 is 58.2 Å². The van der Waals surface area contributed by atoms with Crippen LogP contribution in [0.3, 0.4) is 0 Å². The largest absolute Gasteiger partial charge is 0.519 e. The zero-order valence-corrected chi connectivity index (χ0v) is 79.8. The molecule has 41 heteroatoms. The molecule has 20 aromatic rings. The Morgan fingerprint density at radius 3 is 1.08 bits per heavy atom. The van der Waals surface area contributed by atoms with Crippen LogP contribution in [-0.4, -0.2) is 146 Å². The summed E-state index contributed by atoms with van der Waals surface area (Å²) in [6.45, 7) is 13.9. The number of aryl methyl sites for hydroxylation is 2. The number of ether oxygens (including phenoxy) is 6. The maximum atomic E-state index is 13.2. The average molecular weight is 1990 g/mol. The molecule has 0 saturated heterocycles. The SMILES string of the molecule is CCOc1nc2c(C)sc(C(=O)O)c2n1Cc1ccc(-c2ccccc2-c2noc(=O)[nH]2)cc1.CCOc1nc2cccc(C(=O)O)c2n1Cc1ccc(-c2ccccc2-c2noc(=O)[nH]2)cc1.CCOc1nc2cccc(C(=O)OC)c2n1Cc1ccc(-c2ccccc2C2=NS(=O)ON2)cc1.CCOc1nc2cccc(C(=O)OCc3oc(=O)oc3C)c2n1Cc1ccc(-c2ccccc2-c2noc(=O)[nH]2)cc1. The number of esters is 2. The number of hydroxylamine groups is 1. The third-order valence-corrected chi connectivity index (χ3v) is 24.7. The summed E-state index contributed by atoms with van der Waals surface area (Å²) >= 11 is -0.521. The fraction of sp³-hybridized carbons (Fsp3) is 0.154. The summed E-state index contributed by atoms with van der Waals surface area (Å²) in [5.74, 6) is -3.89. The van der Waals surface area contributed by atoms with Crippen molar-refractivity contribution in [3.63, 3.8) is 0 Å². The van der Waals surface area contributed by atoms with Gasteiger partial charge in [-0.1, -0.05) is 228 Å². The molecule has 0 radical (unpaired) electrons. The monoisotopic (exact) mass is 1990 g/mol. The number of carboxylic acid groups (broad SMARTS) is 2. The van der Waals surface area contributed by atoms with Crippen LogP contribution in [0, 0.1) is 13.8 Å². The molecule has 1 atom stereocenters. The summed E-state index contributed by atoms with van der Waals surface area (Å²) in [4.78, 5) is 122. The summed E-state index contributed by atoms with van der Waals surface area (Å²) in [5.41, 5.74) is 22.3. The fourth-order valence-corrected chi connectivity index (χ4v) is 18.1. The van der Waals surface area contributed by atoms with Gasteiger partial charge in [0.05, 0.1) is 115 Å². The second kappa shape index (κ2) is 43.1. The standard InChI is InChI=1S/C30H24N4O8.C25H22N4O5S.C25H20N4O5.C24H20N4O5S/c1-3-38-28-31-23-10-6-9-22(27(35)39-16-24-17(2)40-30(37)41-24)25(23)34(28)15-18-11-13-19(14-12-18)20-7-4-5-8-21(20)26-32-29(36)42-33-26;1-3-33-25-26-21-10-6-9-20(24(30)32-2)22(21)29(25)15-16-11-13-17(14-12-16)18-7-4-5-8-19(18)23-27-34-35(31)28-23;1-2-33-24-26-20-9-5-8-19(23(30)31)21(20)29(24)14-15-10-12-16(13-11-15)17-6-3-4-7-18(17)22-27-25(32)34-28-22;1-3-32-23-25-18-13(2)34-20(22(29)30)19(18)28(23)12-14-8-10-15(11-9-14)16-6-4-5-7-17(16)21-26-24(31)33-27-21/h4-14H,3,15-16H2,1-2H3,(H,32,33,36);4-14H,3,15H2,1-2H3,(H,27,28);3-13H,2,14H2,1H3,(H,30,31)(H,27,28,32);4-11H,3,12H2,1-2H3,(H,29,30)(H,26,27,31). The first-order valence-corrected chi connectivity index (χ1v) is 47.0. The molecule has 1 aliphatic rings. The maximum absolute atomic E-state index is 13.2. The van der Waals surface area contributed by atoms with Gasteiger partial charge in [-0.15, -0.1) is 15.7 Å². The number of methoxy groups -OCH3 is 1. The van der Waals surface area contributed by atoms with E-state index in [0.717, 1.165) is 93.9 Å². The van der Waals surface area contributed by atoms with Crippen molar-refractivity contribution in [1.82, 2.24) is 74.1 Å². The quantitative estimate of drug-likeness (QED) is 0.0228. The topological polar surface area (TPSA) is 506 Å². The van der Waals surface area contributed by atoms with Crippen LogP contribution in [0.4, 0.5) is 0 Å². The Kier molecular flexibility index (Phi) is 28.7. The van der Waals surface area contributed by atoms with Gasteiger partial charge in [0.2, 0.25) is 0 Å². The van der Waals surface area contributed by atoms with Crippen molar-refractivity contribution in [2.75, 3.05) is 33.5 Å². The molecule has 1 aliphatic heterocycles. The van der Waals surface area contributed by atoms with E-state index in [0.29, 0.717) is 150 Å². The number of benzene rings is 11. The molecule has 1 unspecified atom stereocenters. The first-order chi connectivity index (χ1) is 70.5. The first kappa shape index (κ1) is 96.7. The van der Waals surface area contributed by atoms with Crippen molar-refractivity contribution in [3.05, 3.63) is 357 Å². The lowest BCUT2D eigenvalue weighted by Gasteiger charge is -2.13. The molecular formula is C104H86N16O23S2. The van der Waals surface area contributed by atoms with Crippen LogP contribution in [0.25, 0.3) is 123 Å². The molecule has 6 N–H and O–H groups in total. The van der Waals surface area contributed by atoms with E-state index in [4.69, 9.17) is 41.5 Å². The number of nitrogens with one attached hydrogen (secondary N) is 4. The van der Waals surface area contributed by atoms with Crippen LogP contribution in [0.15, 0.2) is 295 Å². The van der Waals surface area contributed by atoms with Gasteiger partial charge in [-0.3, -0.25) is 46.8 Å². The number of nitrogens with zero attached hydrogens (tertiary/aromatic N) is 12. The molecule has 10 heterocycles. The lowest BCUT2D eigenvalue weighted by Crippen LogP contribution is -2.18. The third-order valence-electron chi connectivity index (χ3n) is 23.1. The molecule has 0 fully saturated rings. The number of carbonyl (C=O) groups excluding carboxylic acids is 2. The number of carboxylic acids is 2. The number of aromatic amines is 3. The van der Waals surface area contributed by atoms with Crippen LogP contribution < -0.4 is 47.5 Å². The van der Waals surface area contributed by atoms with Gasteiger partial charge in [0, 0.05) is 27.1 Å². The molecule has 0 bridgehead atoms. The van der Waals surface area contributed by atoms with Gasteiger partial charge in [0.25, 0.3) is 24.0 Å². The van der Waals surface area contributed by atoms with E-state index >= 15 is 0 Å². The minimum absolute atomic E-state index is 0.139. The highest BCUT2D eigenvalue weighted by Crippen LogP contribution is 2.40. The summed E-state index contributed by atoms with van der Waals surface area (Å²) in [7, 11) is 1.36. The molecule has 145 heavy (non-hydrogen) atoms. The minimum atomic E-state index is -1.74. The Labute approximate surface area is 826 Å². The normalized spacial score (nSPS) is 12.1. The molecular weight excluding hydrogens is 1910 g/mol. The number of aromatic carboxylic acids is 2. The summed E-state index contributed by atoms with van der Waals surface area (Å²) < 4.78 is 84.9. The Bertz CT molecular complexity index is 8540. The van der Waals surface area contributed by atoms with Gasteiger partial charge in [0.1, 0.15) is 10.4 Å². The number of aromatic nitrogens is 14. The smallest absolute Gasteiger partial charge is 0.478 e. The Morgan fingerprint density at radius 1 is 0.400 bits per heavy atom. The summed E-state index contributed by atoms with van der Waals surface area (Å²) in [6.07, 6.45) is 0. The number of hydrogen-bond donors (Lipinski definition) is 6. The number of rotatable bonds is 30. The number of fused-ring (bicyclic) bond motifs is 4. The molecule has 0 amide bonds. The highest BCUT2D eigenvalue weighted by molar-refractivity contribution is 7.79. The summed E-state index contributed by atoms with van der Waals surface area (Å²) in [6, 6.07) is 79.0. The van der Waals surface area contributed by atoms with E-state index in [2.05, 4.69) is 73.8 Å². The number of imidazole rings is 4. The summed E-state index contributed by atoms with van der Waals surface area (Å²) in [5, 5.41) is 30.8. The lowest BCUT2D eigenvalue weighted by molar-refractivity contribution is 0.0443. The van der Waals surface area contributed by atoms with Crippen molar-refractivity contribution in [2.45, 2.75) is 74.3 Å². The maximum Gasteiger partial charge on any atom is 0.519 e. The Hall–Kier alpha value is -18.5. The third kappa shape index (κ3) is 20.9. The van der Waals surface area contributed by atoms with Crippen LogP contribution in [0.5, 0.6) is 24.0 Å². The van der Waals surface area contributed by atoms with Crippen molar-refractivity contribution >= 4 is 96.4 Å². The van der Waals surface area contributed by atoms with Crippen LogP contribution in [-0.2, 0) is 57.8 Å². The van der Waals surface area contributed by atoms with Crippen LogP contribution in [0.1, 0.15) is 113 Å². The van der Waals surface area contributed by atoms with Crippen molar-refractivity contribution in [3.8, 4) is 103 Å². The molecule has 0 spiro atoms. The minimum Gasteiger partial charge on any atom is -0.478 e. The second-order valence-corrected chi connectivity index (χ2v) is 34.1. The number of carbonyl (C=O) groups is 4. The van der Waals surface area contributed by atoms with E-state index in [1.807, 2.05) is 249 Å². The van der Waals surface area contributed by atoms with Crippen LogP contribution in [0.2, 0.25) is 0 Å². The molecule has 0 aliphatic carbocycles. The second-order valence-electron chi connectivity index (χ2n) is 32.1. The molecule has 9 aromatic heterocycles. The molecule has 732 valence electrons. The lowest BCUT2D eigenvalue weighted by atomic mass is 9.98. The highest BCUT2D eigenvalue weighted by Gasteiger charge is 2.29. The Morgan fingerprint density at radius 2 is 0.745 bits per heavy atom.